The standard InChI is InChI=1S/C24H23NO4/c1-17-10-6-7-13-20(17)21-14-8-9-15-22(21)25(18(2)23(26)27)24(28)29-16-19-11-4-3-5-12-19/h3-15,18H,16H2,1-2H3,(H,26,27)/t18-/m0/s1. The van der Waals surface area contributed by atoms with Gasteiger partial charge in [-0.05, 0) is 36.6 Å². The third-order valence-electron chi connectivity index (χ3n) is 4.75. The number of carbonyl (C=O) groups excluding carboxylic acids is 1. The molecule has 29 heavy (non-hydrogen) atoms. The number of hydrogen-bond donors (Lipinski definition) is 1. The molecule has 3 rings (SSSR count). The highest BCUT2D eigenvalue weighted by molar-refractivity contribution is 5.99. The Kier molecular flexibility index (Phi) is 6.29. The van der Waals surface area contributed by atoms with Gasteiger partial charge in [0.2, 0.25) is 0 Å². The van der Waals surface area contributed by atoms with Crippen LogP contribution in [0.5, 0.6) is 0 Å². The van der Waals surface area contributed by atoms with Crippen molar-refractivity contribution >= 4 is 17.7 Å². The summed E-state index contributed by atoms with van der Waals surface area (Å²) < 4.78 is 5.46. The SMILES string of the molecule is Cc1ccccc1-c1ccccc1N(C(=O)OCc1ccccc1)[C@@H](C)C(=O)O. The van der Waals surface area contributed by atoms with Crippen LogP contribution in [-0.2, 0) is 16.1 Å². The predicted octanol–water partition coefficient (Wildman–Crippen LogP) is 5.28. The number of amides is 1. The molecule has 1 amide bonds. The normalized spacial score (nSPS) is 11.5. The first kappa shape index (κ1) is 20.1. The summed E-state index contributed by atoms with van der Waals surface area (Å²) in [5, 5.41) is 9.61. The molecular formula is C24H23NO4. The number of aryl methyl sites for hydroxylation is 1. The van der Waals surface area contributed by atoms with E-state index in [1.54, 1.807) is 12.1 Å². The van der Waals surface area contributed by atoms with Crippen molar-refractivity contribution in [2.45, 2.75) is 26.5 Å². The Morgan fingerprint density at radius 3 is 2.14 bits per heavy atom. The van der Waals surface area contributed by atoms with Crippen molar-refractivity contribution in [3.8, 4) is 11.1 Å². The van der Waals surface area contributed by atoms with Crippen LogP contribution in [0.25, 0.3) is 11.1 Å². The summed E-state index contributed by atoms with van der Waals surface area (Å²) in [6.45, 7) is 3.51. The highest BCUT2D eigenvalue weighted by Crippen LogP contribution is 2.34. The minimum absolute atomic E-state index is 0.0645. The summed E-state index contributed by atoms with van der Waals surface area (Å²) in [4.78, 5) is 25.9. The minimum Gasteiger partial charge on any atom is -0.480 e. The number of aliphatic carboxylic acids is 1. The van der Waals surface area contributed by atoms with E-state index in [-0.39, 0.29) is 6.61 Å². The van der Waals surface area contributed by atoms with E-state index >= 15 is 0 Å². The van der Waals surface area contributed by atoms with Crippen molar-refractivity contribution in [2.75, 3.05) is 4.90 Å². The van der Waals surface area contributed by atoms with Gasteiger partial charge in [0, 0.05) is 5.56 Å². The minimum atomic E-state index is -1.11. The molecule has 0 aliphatic carbocycles. The zero-order valence-electron chi connectivity index (χ0n) is 16.4. The van der Waals surface area contributed by atoms with Gasteiger partial charge >= 0.3 is 12.1 Å². The maximum absolute atomic E-state index is 13.0. The molecule has 0 radical (unpaired) electrons. The Labute approximate surface area is 170 Å². The van der Waals surface area contributed by atoms with Crippen LogP contribution < -0.4 is 4.90 Å². The highest BCUT2D eigenvalue weighted by atomic mass is 16.6. The second kappa shape index (κ2) is 9.06. The highest BCUT2D eigenvalue weighted by Gasteiger charge is 2.30. The molecule has 3 aromatic rings. The average Bonchev–Trinajstić information content (AvgIpc) is 2.74. The lowest BCUT2D eigenvalue weighted by atomic mass is 9.98. The van der Waals surface area contributed by atoms with E-state index in [9.17, 15) is 14.7 Å². The molecule has 0 bridgehead atoms. The number of anilines is 1. The Morgan fingerprint density at radius 2 is 1.48 bits per heavy atom. The average molecular weight is 389 g/mol. The van der Waals surface area contributed by atoms with E-state index in [1.165, 1.54) is 11.8 Å². The van der Waals surface area contributed by atoms with E-state index in [2.05, 4.69) is 0 Å². The summed E-state index contributed by atoms with van der Waals surface area (Å²) in [5.74, 6) is -1.11. The van der Waals surface area contributed by atoms with E-state index in [1.807, 2.05) is 73.7 Å². The van der Waals surface area contributed by atoms with Crippen molar-refractivity contribution in [1.82, 2.24) is 0 Å². The lowest BCUT2D eigenvalue weighted by Gasteiger charge is -2.28. The maximum atomic E-state index is 13.0. The molecule has 0 heterocycles. The van der Waals surface area contributed by atoms with Crippen LogP contribution in [0.1, 0.15) is 18.1 Å². The molecule has 0 aliphatic heterocycles. The number of para-hydroxylation sites is 1. The third kappa shape index (κ3) is 4.63. The fourth-order valence-electron chi connectivity index (χ4n) is 3.15. The fraction of sp³-hybridized carbons (Fsp3) is 0.167. The first-order chi connectivity index (χ1) is 14.0. The molecule has 5 nitrogen and oxygen atoms in total. The number of hydrogen-bond acceptors (Lipinski definition) is 3. The third-order valence-corrected chi connectivity index (χ3v) is 4.75. The molecule has 0 spiro atoms. The van der Waals surface area contributed by atoms with Crippen molar-refractivity contribution in [3.05, 3.63) is 90.0 Å². The van der Waals surface area contributed by atoms with Crippen LogP contribution in [0.15, 0.2) is 78.9 Å². The molecule has 5 heteroatoms. The number of carbonyl (C=O) groups is 2. The Bertz CT molecular complexity index is 1000. The first-order valence-corrected chi connectivity index (χ1v) is 9.37. The molecule has 0 unspecified atom stereocenters. The number of carboxylic acids is 1. The Morgan fingerprint density at radius 1 is 0.897 bits per heavy atom. The molecule has 148 valence electrons. The molecule has 0 saturated heterocycles. The topological polar surface area (TPSA) is 66.8 Å². The molecule has 1 atom stereocenters. The second-order valence-corrected chi connectivity index (χ2v) is 6.76. The Hall–Kier alpha value is -3.60. The molecule has 0 fully saturated rings. The van der Waals surface area contributed by atoms with Crippen LogP contribution >= 0.6 is 0 Å². The van der Waals surface area contributed by atoms with Crippen LogP contribution in [0.3, 0.4) is 0 Å². The zero-order valence-corrected chi connectivity index (χ0v) is 16.4. The van der Waals surface area contributed by atoms with E-state index in [0.717, 1.165) is 22.3 Å². The van der Waals surface area contributed by atoms with Gasteiger partial charge in [0.1, 0.15) is 12.6 Å². The Balaban J connectivity index is 1.99. The lowest BCUT2D eigenvalue weighted by Crippen LogP contribution is -2.44. The summed E-state index contributed by atoms with van der Waals surface area (Å²) >= 11 is 0. The van der Waals surface area contributed by atoms with Crippen LogP contribution in [0, 0.1) is 6.92 Å². The van der Waals surface area contributed by atoms with Crippen LogP contribution in [-0.4, -0.2) is 23.2 Å². The summed E-state index contributed by atoms with van der Waals surface area (Å²) in [5.41, 5.74) is 4.06. The van der Waals surface area contributed by atoms with Crippen molar-refractivity contribution < 1.29 is 19.4 Å². The van der Waals surface area contributed by atoms with E-state index in [4.69, 9.17) is 4.74 Å². The van der Waals surface area contributed by atoms with Gasteiger partial charge in [0.15, 0.2) is 0 Å². The number of ether oxygens (including phenoxy) is 1. The van der Waals surface area contributed by atoms with Crippen LogP contribution in [0.4, 0.5) is 10.5 Å². The van der Waals surface area contributed by atoms with Crippen molar-refractivity contribution in [2.24, 2.45) is 0 Å². The summed E-state index contributed by atoms with van der Waals surface area (Å²) in [6.07, 6.45) is -0.704. The predicted molar refractivity (Wildman–Crippen MR) is 113 cm³/mol. The smallest absolute Gasteiger partial charge is 0.415 e. The van der Waals surface area contributed by atoms with Crippen molar-refractivity contribution in [3.63, 3.8) is 0 Å². The zero-order chi connectivity index (χ0) is 20.8. The quantitative estimate of drug-likeness (QED) is 0.623. The number of rotatable bonds is 6. The van der Waals surface area contributed by atoms with Gasteiger partial charge in [-0.2, -0.15) is 0 Å². The van der Waals surface area contributed by atoms with Gasteiger partial charge in [-0.15, -0.1) is 0 Å². The molecule has 0 aliphatic rings. The lowest BCUT2D eigenvalue weighted by molar-refractivity contribution is -0.138. The molecular weight excluding hydrogens is 366 g/mol. The number of carboxylic acid groups (broad SMARTS) is 1. The van der Waals surface area contributed by atoms with E-state index in [0.29, 0.717) is 5.69 Å². The van der Waals surface area contributed by atoms with Gasteiger partial charge < -0.3 is 9.84 Å². The molecule has 0 aromatic heterocycles. The largest absolute Gasteiger partial charge is 0.480 e. The number of nitrogens with zero attached hydrogens (tertiary/aromatic N) is 1. The van der Waals surface area contributed by atoms with Gasteiger partial charge in [0.05, 0.1) is 5.69 Å². The van der Waals surface area contributed by atoms with Gasteiger partial charge in [-0.25, -0.2) is 9.59 Å². The van der Waals surface area contributed by atoms with Crippen LogP contribution in [0.2, 0.25) is 0 Å². The fourth-order valence-corrected chi connectivity index (χ4v) is 3.15. The number of benzene rings is 3. The molecule has 0 saturated carbocycles. The second-order valence-electron chi connectivity index (χ2n) is 6.76. The summed E-state index contributed by atoms with van der Waals surface area (Å²) in [7, 11) is 0. The molecule has 1 N–H and O–H groups in total. The first-order valence-electron chi connectivity index (χ1n) is 9.37. The molecule has 3 aromatic carbocycles. The van der Waals surface area contributed by atoms with Gasteiger partial charge in [0.25, 0.3) is 0 Å². The maximum Gasteiger partial charge on any atom is 0.415 e. The summed E-state index contributed by atoms with van der Waals surface area (Å²) in [6, 6.07) is 23.2. The van der Waals surface area contributed by atoms with E-state index < -0.39 is 18.1 Å². The van der Waals surface area contributed by atoms with Gasteiger partial charge in [-0.1, -0.05) is 72.8 Å². The van der Waals surface area contributed by atoms with Gasteiger partial charge in [-0.3, -0.25) is 4.90 Å². The monoisotopic (exact) mass is 389 g/mol. The van der Waals surface area contributed by atoms with Crippen molar-refractivity contribution in [1.29, 1.82) is 0 Å².